The van der Waals surface area contributed by atoms with Crippen LogP contribution in [0.5, 0.6) is 0 Å². The predicted octanol–water partition coefficient (Wildman–Crippen LogP) is 2.97. The van der Waals surface area contributed by atoms with Crippen molar-refractivity contribution in [2.24, 2.45) is 5.92 Å². The van der Waals surface area contributed by atoms with Gasteiger partial charge in [-0.05, 0) is 43.4 Å². The third-order valence-corrected chi connectivity index (χ3v) is 4.48. The van der Waals surface area contributed by atoms with Crippen LogP contribution in [0, 0.1) is 12.8 Å². The van der Waals surface area contributed by atoms with Crippen LogP contribution in [0.25, 0.3) is 0 Å². The van der Waals surface area contributed by atoms with Gasteiger partial charge in [-0.1, -0.05) is 18.2 Å². The number of aromatic nitrogens is 1. The van der Waals surface area contributed by atoms with Gasteiger partial charge < -0.3 is 15.2 Å². The third-order valence-electron chi connectivity index (χ3n) is 4.48. The smallest absolute Gasteiger partial charge is 0.253 e. The minimum absolute atomic E-state index is 0.0317. The fourth-order valence-electron chi connectivity index (χ4n) is 3.05. The van der Waals surface area contributed by atoms with Crippen molar-refractivity contribution in [3.8, 4) is 0 Å². The van der Waals surface area contributed by atoms with E-state index in [4.69, 9.17) is 0 Å². The molecule has 116 valence electrons. The quantitative estimate of drug-likeness (QED) is 0.911. The molecule has 0 unspecified atom stereocenters. The predicted molar refractivity (Wildman–Crippen MR) is 89.2 cm³/mol. The van der Waals surface area contributed by atoms with Gasteiger partial charge in [0.2, 0.25) is 0 Å². The average molecular weight is 297 g/mol. The molecule has 2 heterocycles. The number of carbonyl (C=O) groups excluding carboxylic acids is 1. The molecular weight excluding hydrogens is 274 g/mol. The third kappa shape index (κ3) is 3.32. The Balaban J connectivity index is 1.46. The highest BCUT2D eigenvalue weighted by Gasteiger charge is 2.20. The van der Waals surface area contributed by atoms with Crippen molar-refractivity contribution in [1.82, 2.24) is 10.3 Å². The molecule has 3 rings (SSSR count). The summed E-state index contributed by atoms with van der Waals surface area (Å²) in [6.45, 7) is 4.84. The van der Waals surface area contributed by atoms with E-state index in [1.165, 1.54) is 5.69 Å². The zero-order valence-electron chi connectivity index (χ0n) is 13.0. The summed E-state index contributed by atoms with van der Waals surface area (Å²) >= 11 is 0. The molecule has 1 fully saturated rings. The maximum absolute atomic E-state index is 12.1. The Labute approximate surface area is 131 Å². The average Bonchev–Trinajstić information content (AvgIpc) is 3.00. The van der Waals surface area contributed by atoms with Gasteiger partial charge in [-0.15, -0.1) is 0 Å². The van der Waals surface area contributed by atoms with Crippen molar-refractivity contribution in [2.45, 2.75) is 19.8 Å². The van der Waals surface area contributed by atoms with Crippen molar-refractivity contribution in [3.05, 3.63) is 53.9 Å². The summed E-state index contributed by atoms with van der Waals surface area (Å²) in [5.41, 5.74) is 3.05. The van der Waals surface area contributed by atoms with Gasteiger partial charge in [0.05, 0.1) is 5.56 Å². The number of nitrogens with zero attached hydrogens (tertiary/aromatic N) is 1. The topological polar surface area (TPSA) is 48.1 Å². The highest BCUT2D eigenvalue weighted by Crippen LogP contribution is 2.22. The van der Waals surface area contributed by atoms with E-state index in [-0.39, 0.29) is 5.91 Å². The molecule has 0 atom stereocenters. The fraction of sp³-hybridized carbons (Fsp3) is 0.389. The normalized spacial score (nSPS) is 15.8. The molecule has 1 aromatic carbocycles. The van der Waals surface area contributed by atoms with Gasteiger partial charge in [-0.25, -0.2) is 0 Å². The van der Waals surface area contributed by atoms with Crippen LogP contribution in [0.2, 0.25) is 0 Å². The molecule has 1 aromatic heterocycles. The second-order valence-corrected chi connectivity index (χ2v) is 6.03. The van der Waals surface area contributed by atoms with Gasteiger partial charge in [-0.2, -0.15) is 0 Å². The first-order valence-electron chi connectivity index (χ1n) is 7.95. The molecule has 0 saturated carbocycles. The van der Waals surface area contributed by atoms with Gasteiger partial charge in [0.25, 0.3) is 5.91 Å². The number of para-hydroxylation sites is 1. The lowest BCUT2D eigenvalue weighted by molar-refractivity contribution is 0.0944. The number of piperidine rings is 1. The number of rotatable bonds is 4. The summed E-state index contributed by atoms with van der Waals surface area (Å²) in [6.07, 6.45) is 5.87. The summed E-state index contributed by atoms with van der Waals surface area (Å²) in [5, 5.41) is 3.07. The Morgan fingerprint density at radius 3 is 2.59 bits per heavy atom. The first-order valence-corrected chi connectivity index (χ1v) is 7.95. The van der Waals surface area contributed by atoms with E-state index in [0.29, 0.717) is 5.92 Å². The molecule has 0 radical (unpaired) electrons. The van der Waals surface area contributed by atoms with Gasteiger partial charge in [0, 0.05) is 37.7 Å². The number of anilines is 1. The molecule has 1 saturated heterocycles. The molecule has 1 aliphatic rings. The Morgan fingerprint density at radius 2 is 1.95 bits per heavy atom. The molecule has 22 heavy (non-hydrogen) atoms. The van der Waals surface area contributed by atoms with E-state index in [2.05, 4.69) is 45.5 Å². The molecule has 4 nitrogen and oxygen atoms in total. The van der Waals surface area contributed by atoms with Crippen LogP contribution >= 0.6 is 0 Å². The van der Waals surface area contributed by atoms with Crippen LogP contribution in [0.1, 0.15) is 28.8 Å². The maximum atomic E-state index is 12.1. The zero-order chi connectivity index (χ0) is 15.4. The largest absolute Gasteiger partial charge is 0.372 e. The molecule has 0 bridgehead atoms. The number of hydrogen-bond acceptors (Lipinski definition) is 2. The minimum atomic E-state index is 0.0317. The van der Waals surface area contributed by atoms with E-state index in [9.17, 15) is 4.79 Å². The summed E-state index contributed by atoms with van der Waals surface area (Å²) < 4.78 is 0. The lowest BCUT2D eigenvalue weighted by atomic mass is 9.96. The van der Waals surface area contributed by atoms with E-state index in [0.717, 1.165) is 43.6 Å². The number of aryl methyl sites for hydroxylation is 1. The molecule has 0 spiro atoms. The summed E-state index contributed by atoms with van der Waals surface area (Å²) in [7, 11) is 0. The van der Waals surface area contributed by atoms with Gasteiger partial charge in [-0.3, -0.25) is 4.79 Å². The Bertz CT molecular complexity index is 612. The summed E-state index contributed by atoms with van der Waals surface area (Å²) in [4.78, 5) is 17.5. The number of benzene rings is 1. The lowest BCUT2D eigenvalue weighted by Gasteiger charge is -2.33. The van der Waals surface area contributed by atoms with Crippen molar-refractivity contribution >= 4 is 11.6 Å². The molecule has 1 amide bonds. The summed E-state index contributed by atoms with van der Waals surface area (Å²) in [6, 6.07) is 10.5. The van der Waals surface area contributed by atoms with Crippen LogP contribution in [0.3, 0.4) is 0 Å². The Kier molecular flexibility index (Phi) is 4.47. The van der Waals surface area contributed by atoms with Gasteiger partial charge in [0.15, 0.2) is 0 Å². The standard InChI is InChI=1S/C18H23N3O/c1-14-11-19-13-17(14)18(22)20-12-15-7-9-21(10-8-15)16-5-3-2-4-6-16/h2-6,11,13,15,19H,7-10,12H2,1H3,(H,20,22). The van der Waals surface area contributed by atoms with Crippen molar-refractivity contribution < 1.29 is 4.79 Å². The van der Waals surface area contributed by atoms with Crippen LogP contribution in [0.15, 0.2) is 42.7 Å². The second kappa shape index (κ2) is 6.69. The molecule has 1 aliphatic heterocycles. The molecule has 4 heteroatoms. The number of nitrogens with one attached hydrogen (secondary N) is 2. The first kappa shape index (κ1) is 14.7. The minimum Gasteiger partial charge on any atom is -0.372 e. The van der Waals surface area contributed by atoms with Gasteiger partial charge >= 0.3 is 0 Å². The SMILES string of the molecule is Cc1c[nH]cc1C(=O)NCC1CCN(c2ccccc2)CC1. The highest BCUT2D eigenvalue weighted by molar-refractivity contribution is 5.95. The monoisotopic (exact) mass is 297 g/mol. The zero-order valence-corrected chi connectivity index (χ0v) is 13.0. The van der Waals surface area contributed by atoms with E-state index in [1.54, 1.807) is 6.20 Å². The number of amides is 1. The fourth-order valence-corrected chi connectivity index (χ4v) is 3.05. The Hall–Kier alpha value is -2.23. The molecule has 2 N–H and O–H groups in total. The number of carbonyl (C=O) groups is 1. The van der Waals surface area contributed by atoms with E-state index < -0.39 is 0 Å². The number of hydrogen-bond donors (Lipinski definition) is 2. The van der Waals surface area contributed by atoms with Crippen LogP contribution in [-0.4, -0.2) is 30.5 Å². The molecule has 0 aliphatic carbocycles. The van der Waals surface area contributed by atoms with Crippen molar-refractivity contribution in [2.75, 3.05) is 24.5 Å². The van der Waals surface area contributed by atoms with Crippen molar-refractivity contribution in [3.63, 3.8) is 0 Å². The highest BCUT2D eigenvalue weighted by atomic mass is 16.1. The van der Waals surface area contributed by atoms with Crippen molar-refractivity contribution in [1.29, 1.82) is 0 Å². The van der Waals surface area contributed by atoms with Crippen LogP contribution in [0.4, 0.5) is 5.69 Å². The maximum Gasteiger partial charge on any atom is 0.253 e. The van der Waals surface area contributed by atoms with E-state index >= 15 is 0 Å². The molecule has 2 aromatic rings. The number of H-pyrrole nitrogens is 1. The van der Waals surface area contributed by atoms with Gasteiger partial charge in [0.1, 0.15) is 0 Å². The first-order chi connectivity index (χ1) is 10.7. The van der Waals surface area contributed by atoms with Crippen LogP contribution < -0.4 is 10.2 Å². The second-order valence-electron chi connectivity index (χ2n) is 6.03. The summed E-state index contributed by atoms with van der Waals surface area (Å²) in [5.74, 6) is 0.604. The van der Waals surface area contributed by atoms with Crippen LogP contribution in [-0.2, 0) is 0 Å². The lowest BCUT2D eigenvalue weighted by Crippen LogP contribution is -2.38. The number of aromatic amines is 1. The Morgan fingerprint density at radius 1 is 1.23 bits per heavy atom. The molecular formula is C18H23N3O. The van der Waals surface area contributed by atoms with E-state index in [1.807, 2.05) is 13.1 Å².